The lowest BCUT2D eigenvalue weighted by Gasteiger charge is -2.21. The fraction of sp³-hybridized carbons (Fsp3) is 0.185. The van der Waals surface area contributed by atoms with Crippen molar-refractivity contribution in [1.29, 1.82) is 0 Å². The molecule has 1 aliphatic rings. The third-order valence-corrected chi connectivity index (χ3v) is 5.84. The van der Waals surface area contributed by atoms with E-state index < -0.39 is 0 Å². The van der Waals surface area contributed by atoms with Gasteiger partial charge in [-0.15, -0.1) is 0 Å². The van der Waals surface area contributed by atoms with E-state index in [9.17, 15) is 0 Å². The molecule has 0 bridgehead atoms. The van der Waals surface area contributed by atoms with Crippen molar-refractivity contribution in [2.24, 2.45) is 0 Å². The number of hydrogen-bond acceptors (Lipinski definition) is 0. The minimum absolute atomic E-state index is 1.04. The van der Waals surface area contributed by atoms with Crippen LogP contribution in [0.2, 0.25) is 0 Å². The van der Waals surface area contributed by atoms with Gasteiger partial charge < -0.3 is 4.57 Å². The van der Waals surface area contributed by atoms with Crippen LogP contribution in [0.4, 0.5) is 0 Å². The number of rotatable bonds is 4. The number of fused-ring (bicyclic) bond motifs is 3. The maximum absolute atomic E-state index is 2.46. The lowest BCUT2D eigenvalue weighted by atomic mass is 9.90. The normalized spacial score (nSPS) is 12.5. The van der Waals surface area contributed by atoms with Crippen LogP contribution in [-0.4, -0.2) is 4.57 Å². The van der Waals surface area contributed by atoms with Gasteiger partial charge in [0.1, 0.15) is 0 Å². The molecular formula is C27H25N. The summed E-state index contributed by atoms with van der Waals surface area (Å²) < 4.78 is 2.46. The molecule has 1 aromatic heterocycles. The molecule has 0 saturated carbocycles. The van der Waals surface area contributed by atoms with Crippen LogP contribution in [0.3, 0.4) is 0 Å². The summed E-state index contributed by atoms with van der Waals surface area (Å²) in [6.07, 6.45) is 5.79. The molecule has 138 valence electrons. The van der Waals surface area contributed by atoms with Crippen LogP contribution < -0.4 is 0 Å². The Morgan fingerprint density at radius 2 is 1.50 bits per heavy atom. The van der Waals surface area contributed by atoms with Gasteiger partial charge in [0.2, 0.25) is 0 Å². The molecule has 5 rings (SSSR count). The van der Waals surface area contributed by atoms with Crippen LogP contribution in [0.1, 0.15) is 24.5 Å². The van der Waals surface area contributed by atoms with Crippen molar-refractivity contribution in [1.82, 2.24) is 4.57 Å². The van der Waals surface area contributed by atoms with Gasteiger partial charge in [0.05, 0.1) is 5.69 Å². The molecule has 0 N–H and O–H groups in total. The van der Waals surface area contributed by atoms with Crippen molar-refractivity contribution in [3.8, 4) is 33.5 Å². The third-order valence-electron chi connectivity index (χ3n) is 5.84. The Kier molecular flexibility index (Phi) is 4.37. The minimum Gasteiger partial charge on any atom is -0.346 e. The van der Waals surface area contributed by atoms with E-state index in [1.807, 2.05) is 0 Å². The largest absolute Gasteiger partial charge is 0.346 e. The number of benzene rings is 3. The first-order chi connectivity index (χ1) is 13.8. The smallest absolute Gasteiger partial charge is 0.0569 e. The summed E-state index contributed by atoms with van der Waals surface area (Å²) in [5.74, 6) is 0. The maximum Gasteiger partial charge on any atom is 0.0569 e. The second-order valence-electron chi connectivity index (χ2n) is 7.68. The summed E-state index contributed by atoms with van der Waals surface area (Å²) in [7, 11) is 0. The SMILES string of the molecule is CCCc1ccc(-c2cn3c(c2-c2ccccc2)-c2ccccc2CC3)cc1. The standard InChI is InChI=1S/C27H25N/c1-2-8-20-13-15-22(16-14-20)25-19-28-18-17-21-9-6-7-12-24(21)27(28)26(25)23-10-4-3-5-11-23/h3-7,9-16,19H,2,8,17-18H2,1H3. The summed E-state index contributed by atoms with van der Waals surface area (Å²) >= 11 is 0. The van der Waals surface area contributed by atoms with Gasteiger partial charge in [-0.2, -0.15) is 0 Å². The second-order valence-corrected chi connectivity index (χ2v) is 7.68. The van der Waals surface area contributed by atoms with Gasteiger partial charge in [-0.3, -0.25) is 0 Å². The predicted octanol–water partition coefficient (Wildman–Crippen LogP) is 7.00. The Balaban J connectivity index is 1.74. The van der Waals surface area contributed by atoms with Crippen molar-refractivity contribution in [2.45, 2.75) is 32.7 Å². The molecule has 0 fully saturated rings. The summed E-state index contributed by atoms with van der Waals surface area (Å²) in [5.41, 5.74) is 10.9. The Bertz CT molecular complexity index is 1100. The van der Waals surface area contributed by atoms with Gasteiger partial charge in [-0.05, 0) is 35.1 Å². The van der Waals surface area contributed by atoms with Gasteiger partial charge >= 0.3 is 0 Å². The Hall–Kier alpha value is -3.06. The van der Waals surface area contributed by atoms with Gasteiger partial charge in [0.15, 0.2) is 0 Å². The Morgan fingerprint density at radius 1 is 0.750 bits per heavy atom. The molecule has 0 amide bonds. The molecule has 2 heterocycles. The van der Waals surface area contributed by atoms with Gasteiger partial charge in [0, 0.05) is 29.4 Å². The first-order valence-corrected chi connectivity index (χ1v) is 10.3. The fourth-order valence-corrected chi connectivity index (χ4v) is 4.49. The second kappa shape index (κ2) is 7.16. The summed E-state index contributed by atoms with van der Waals surface area (Å²) in [6, 6.07) is 28.9. The third kappa shape index (κ3) is 2.88. The van der Waals surface area contributed by atoms with Crippen molar-refractivity contribution in [3.63, 3.8) is 0 Å². The van der Waals surface area contributed by atoms with Crippen LogP contribution >= 0.6 is 0 Å². The lowest BCUT2D eigenvalue weighted by Crippen LogP contribution is -2.09. The van der Waals surface area contributed by atoms with E-state index in [1.165, 1.54) is 51.1 Å². The topological polar surface area (TPSA) is 4.93 Å². The molecule has 0 saturated heterocycles. The number of nitrogens with zero attached hydrogens (tertiary/aromatic N) is 1. The van der Waals surface area contributed by atoms with Crippen LogP contribution in [0.5, 0.6) is 0 Å². The molecule has 1 heteroatoms. The van der Waals surface area contributed by atoms with E-state index in [0.29, 0.717) is 0 Å². The van der Waals surface area contributed by atoms with Crippen molar-refractivity contribution in [2.75, 3.05) is 0 Å². The fourth-order valence-electron chi connectivity index (χ4n) is 4.49. The maximum atomic E-state index is 2.46. The quantitative estimate of drug-likeness (QED) is 0.368. The molecule has 0 aliphatic carbocycles. The highest BCUT2D eigenvalue weighted by Gasteiger charge is 2.24. The minimum atomic E-state index is 1.04. The van der Waals surface area contributed by atoms with Crippen LogP contribution in [0.25, 0.3) is 33.5 Å². The number of hydrogen-bond donors (Lipinski definition) is 0. The van der Waals surface area contributed by atoms with E-state index in [-0.39, 0.29) is 0 Å². The van der Waals surface area contributed by atoms with E-state index in [4.69, 9.17) is 0 Å². The zero-order valence-electron chi connectivity index (χ0n) is 16.4. The van der Waals surface area contributed by atoms with Crippen molar-refractivity contribution in [3.05, 3.63) is 96.2 Å². The van der Waals surface area contributed by atoms with Gasteiger partial charge in [-0.1, -0.05) is 92.2 Å². The van der Waals surface area contributed by atoms with Crippen molar-refractivity contribution >= 4 is 0 Å². The van der Waals surface area contributed by atoms with E-state index >= 15 is 0 Å². The van der Waals surface area contributed by atoms with Crippen LogP contribution in [0.15, 0.2) is 85.1 Å². The molecular weight excluding hydrogens is 338 g/mol. The van der Waals surface area contributed by atoms with Gasteiger partial charge in [-0.25, -0.2) is 0 Å². The Morgan fingerprint density at radius 3 is 2.29 bits per heavy atom. The Labute approximate surface area is 167 Å². The van der Waals surface area contributed by atoms with E-state index in [0.717, 1.165) is 19.4 Å². The average Bonchev–Trinajstić information content (AvgIpc) is 3.15. The van der Waals surface area contributed by atoms with Crippen LogP contribution in [-0.2, 0) is 19.4 Å². The molecule has 1 aliphatic heterocycles. The van der Waals surface area contributed by atoms with Gasteiger partial charge in [0.25, 0.3) is 0 Å². The summed E-state index contributed by atoms with van der Waals surface area (Å²) in [6.45, 7) is 3.28. The monoisotopic (exact) mass is 363 g/mol. The molecule has 4 aromatic rings. The number of aromatic nitrogens is 1. The molecule has 0 unspecified atom stereocenters. The highest BCUT2D eigenvalue weighted by atomic mass is 15.0. The summed E-state index contributed by atoms with van der Waals surface area (Å²) in [4.78, 5) is 0. The van der Waals surface area contributed by atoms with Crippen molar-refractivity contribution < 1.29 is 0 Å². The molecule has 1 nitrogen and oxygen atoms in total. The zero-order valence-corrected chi connectivity index (χ0v) is 16.4. The molecule has 28 heavy (non-hydrogen) atoms. The van der Waals surface area contributed by atoms with Crippen LogP contribution in [0, 0.1) is 0 Å². The highest BCUT2D eigenvalue weighted by Crippen LogP contribution is 2.44. The molecule has 0 atom stereocenters. The predicted molar refractivity (Wildman–Crippen MR) is 118 cm³/mol. The molecule has 0 spiro atoms. The average molecular weight is 364 g/mol. The molecule has 0 radical (unpaired) electrons. The van der Waals surface area contributed by atoms with E-state index in [2.05, 4.69) is 96.6 Å². The van der Waals surface area contributed by atoms with E-state index in [1.54, 1.807) is 0 Å². The highest BCUT2D eigenvalue weighted by molar-refractivity contribution is 5.95. The lowest BCUT2D eigenvalue weighted by molar-refractivity contribution is 0.690. The first kappa shape index (κ1) is 17.1. The summed E-state index contributed by atoms with van der Waals surface area (Å²) in [5, 5.41) is 0. The molecule has 3 aromatic carbocycles. The zero-order chi connectivity index (χ0) is 18.9. The number of aryl methyl sites for hydroxylation is 3. The first-order valence-electron chi connectivity index (χ1n) is 10.3.